The lowest BCUT2D eigenvalue weighted by atomic mass is 9.85. The number of anilines is 2. The maximum absolute atomic E-state index is 13.6. The summed E-state index contributed by atoms with van der Waals surface area (Å²) in [6.07, 6.45) is -15.1. The Balaban J connectivity index is 0.00000768. The molecule has 0 saturated heterocycles. The van der Waals surface area contributed by atoms with Gasteiger partial charge in [-0.25, -0.2) is 0 Å². The van der Waals surface area contributed by atoms with Gasteiger partial charge in [-0.05, 0) is 71.4 Å². The Morgan fingerprint density at radius 1 is 0.915 bits per heavy atom. The molecule has 1 aromatic heterocycles. The monoisotopic (exact) mass is 706 g/mol. The number of hydrogen-bond donors (Lipinski definition) is 1. The summed E-state index contributed by atoms with van der Waals surface area (Å²) in [5.41, 5.74) is -3.71. The van der Waals surface area contributed by atoms with Gasteiger partial charge in [0, 0.05) is 38.8 Å². The molecule has 3 rings (SSSR count). The van der Waals surface area contributed by atoms with Crippen molar-refractivity contribution in [1.29, 1.82) is 0 Å². The molecule has 0 unspecified atom stereocenters. The minimum absolute atomic E-state index is 0. The summed E-state index contributed by atoms with van der Waals surface area (Å²) in [6, 6.07) is 4.47. The predicted molar refractivity (Wildman–Crippen MR) is 154 cm³/mol. The Morgan fingerprint density at radius 2 is 1.51 bits per heavy atom. The zero-order valence-corrected chi connectivity index (χ0v) is 26.3. The van der Waals surface area contributed by atoms with Gasteiger partial charge in [-0.2, -0.15) is 31.3 Å². The average Bonchev–Trinajstić information content (AvgIpc) is 3.33. The lowest BCUT2D eigenvalue weighted by Crippen LogP contribution is -2.31. The second-order valence-corrected chi connectivity index (χ2v) is 11.3. The van der Waals surface area contributed by atoms with Crippen LogP contribution in [0.2, 0.25) is 0 Å². The highest BCUT2D eigenvalue weighted by Crippen LogP contribution is 2.38. The van der Waals surface area contributed by atoms with Gasteiger partial charge in [0.05, 0.1) is 17.5 Å². The summed E-state index contributed by atoms with van der Waals surface area (Å²) < 4.78 is 130. The minimum Gasteiger partial charge on any atom is -0.481 e. The van der Waals surface area contributed by atoms with Crippen LogP contribution >= 0.6 is 12.4 Å². The zero-order valence-electron chi connectivity index (χ0n) is 25.5. The van der Waals surface area contributed by atoms with E-state index in [1.165, 1.54) is 13.0 Å². The van der Waals surface area contributed by atoms with Crippen LogP contribution < -0.4 is 14.5 Å². The molecule has 0 atom stereocenters. The predicted octanol–water partition coefficient (Wildman–Crippen LogP) is 8.66. The fourth-order valence-corrected chi connectivity index (χ4v) is 4.73. The number of rotatable bonds is 13. The number of carbonyl (C=O) groups is 1. The summed E-state index contributed by atoms with van der Waals surface area (Å²) in [6.45, 7) is 6.13. The highest BCUT2D eigenvalue weighted by molar-refractivity contribution is 5.85. The molecule has 0 aliphatic carbocycles. The van der Waals surface area contributed by atoms with Crippen molar-refractivity contribution in [2.75, 3.05) is 22.9 Å². The first-order valence-corrected chi connectivity index (χ1v) is 13.8. The number of halogens is 10. The summed E-state index contributed by atoms with van der Waals surface area (Å²) in [5, 5.41) is 13.0. The van der Waals surface area contributed by atoms with Crippen molar-refractivity contribution in [1.82, 2.24) is 10.1 Å². The molecular formula is C29H32ClF9N4O4. The van der Waals surface area contributed by atoms with E-state index in [2.05, 4.69) is 14.9 Å². The minimum atomic E-state index is -5.12. The number of nitrogens with zero attached hydrogens (tertiary/aromatic N) is 4. The van der Waals surface area contributed by atoms with Crippen molar-refractivity contribution in [2.24, 2.45) is 5.41 Å². The summed E-state index contributed by atoms with van der Waals surface area (Å²) in [4.78, 5) is 18.2. The third-order valence-electron chi connectivity index (χ3n) is 6.88. The van der Waals surface area contributed by atoms with Crippen LogP contribution in [-0.2, 0) is 30.2 Å². The molecule has 1 N–H and O–H groups in total. The van der Waals surface area contributed by atoms with Gasteiger partial charge in [-0.15, -0.1) is 25.6 Å². The molecule has 0 spiro atoms. The number of aliphatic carboxylic acids is 1. The van der Waals surface area contributed by atoms with Crippen LogP contribution in [0.1, 0.15) is 61.8 Å². The number of benzene rings is 2. The van der Waals surface area contributed by atoms with E-state index in [1.54, 1.807) is 25.7 Å². The van der Waals surface area contributed by atoms with Crippen LogP contribution in [0.25, 0.3) is 0 Å². The van der Waals surface area contributed by atoms with Crippen molar-refractivity contribution in [3.05, 3.63) is 64.5 Å². The van der Waals surface area contributed by atoms with E-state index in [0.29, 0.717) is 30.8 Å². The highest BCUT2D eigenvalue weighted by Gasteiger charge is 2.37. The standard InChI is InChI=1S/C29H31F9N4O4.ClH/c1-5-41(9-8-26(3,4)14-24(43)44)23-7-6-22(45-29(36,37)38)12-19(23)16-42(25-39-17(2)46-40-25)15-18-10-20(27(30,31)32)13-21(11-18)28(33,34)35;/h6-7,10-13H,5,8-9,14-16H2,1-4H3,(H,43,44);1H. The first-order chi connectivity index (χ1) is 21.1. The Kier molecular flexibility index (Phi) is 12.5. The first kappa shape index (κ1) is 39.3. The van der Waals surface area contributed by atoms with E-state index in [4.69, 9.17) is 4.52 Å². The third kappa shape index (κ3) is 11.7. The summed E-state index contributed by atoms with van der Waals surface area (Å²) in [7, 11) is 0. The molecule has 0 saturated carbocycles. The molecule has 47 heavy (non-hydrogen) atoms. The number of alkyl halides is 9. The molecule has 3 aromatic rings. The second-order valence-electron chi connectivity index (χ2n) is 11.3. The number of aryl methyl sites for hydroxylation is 1. The fraction of sp³-hybridized carbons (Fsp3) is 0.483. The van der Waals surface area contributed by atoms with Gasteiger partial charge in [-0.3, -0.25) is 4.79 Å². The number of ether oxygens (including phenoxy) is 1. The van der Waals surface area contributed by atoms with Gasteiger partial charge in [0.15, 0.2) is 0 Å². The van der Waals surface area contributed by atoms with Crippen LogP contribution in [0.3, 0.4) is 0 Å². The van der Waals surface area contributed by atoms with Crippen LogP contribution in [0.15, 0.2) is 40.9 Å². The van der Waals surface area contributed by atoms with Crippen LogP contribution in [0, 0.1) is 12.3 Å². The Bertz CT molecular complexity index is 1480. The number of aromatic nitrogens is 2. The van der Waals surface area contributed by atoms with Gasteiger partial charge in [0.2, 0.25) is 5.89 Å². The van der Waals surface area contributed by atoms with Crippen LogP contribution in [0.4, 0.5) is 51.1 Å². The first-order valence-electron chi connectivity index (χ1n) is 13.8. The van der Waals surface area contributed by atoms with Gasteiger partial charge >= 0.3 is 24.7 Å². The molecule has 0 amide bonds. The fourth-order valence-electron chi connectivity index (χ4n) is 4.73. The molecule has 0 radical (unpaired) electrons. The molecule has 0 aliphatic rings. The molecule has 18 heteroatoms. The molecule has 0 bridgehead atoms. The Labute approximate surface area is 269 Å². The number of carboxylic acids is 1. The zero-order chi connectivity index (χ0) is 34.7. The van der Waals surface area contributed by atoms with Gasteiger partial charge in [0.25, 0.3) is 5.95 Å². The lowest BCUT2D eigenvalue weighted by molar-refractivity contribution is -0.274. The molecule has 8 nitrogen and oxygen atoms in total. The quantitative estimate of drug-likeness (QED) is 0.177. The summed E-state index contributed by atoms with van der Waals surface area (Å²) >= 11 is 0. The average molecular weight is 707 g/mol. The molecule has 1 heterocycles. The topological polar surface area (TPSA) is 91.9 Å². The maximum Gasteiger partial charge on any atom is 0.573 e. The molecule has 0 aliphatic heterocycles. The van der Waals surface area contributed by atoms with E-state index in [1.807, 2.05) is 0 Å². The summed E-state index contributed by atoms with van der Waals surface area (Å²) in [5.74, 6) is -1.89. The third-order valence-corrected chi connectivity index (χ3v) is 6.88. The van der Waals surface area contributed by atoms with E-state index in [0.717, 1.165) is 17.0 Å². The maximum atomic E-state index is 13.6. The van der Waals surface area contributed by atoms with E-state index < -0.39 is 65.6 Å². The van der Waals surface area contributed by atoms with Crippen LogP contribution in [-0.4, -0.2) is 40.7 Å². The van der Waals surface area contributed by atoms with Crippen molar-refractivity contribution in [3.8, 4) is 5.75 Å². The second kappa shape index (κ2) is 14.9. The van der Waals surface area contributed by atoms with Gasteiger partial charge in [-0.1, -0.05) is 13.8 Å². The lowest BCUT2D eigenvalue weighted by Gasteiger charge is -2.32. The molecule has 2 aromatic carbocycles. The van der Waals surface area contributed by atoms with Crippen molar-refractivity contribution in [3.63, 3.8) is 0 Å². The normalized spacial score (nSPS) is 12.4. The van der Waals surface area contributed by atoms with E-state index in [-0.39, 0.29) is 48.8 Å². The smallest absolute Gasteiger partial charge is 0.481 e. The van der Waals surface area contributed by atoms with Crippen molar-refractivity contribution >= 4 is 30.0 Å². The van der Waals surface area contributed by atoms with Gasteiger partial charge < -0.3 is 24.2 Å². The number of hydrogen-bond acceptors (Lipinski definition) is 7. The molecular weight excluding hydrogens is 675 g/mol. The van der Waals surface area contributed by atoms with Crippen molar-refractivity contribution in [2.45, 2.75) is 72.3 Å². The van der Waals surface area contributed by atoms with Crippen LogP contribution in [0.5, 0.6) is 5.75 Å². The Hall–Kier alpha value is -3.89. The van der Waals surface area contributed by atoms with Crippen molar-refractivity contribution < 1.29 is 58.7 Å². The Morgan fingerprint density at radius 3 is 1.98 bits per heavy atom. The van der Waals surface area contributed by atoms with E-state index in [9.17, 15) is 49.4 Å². The largest absolute Gasteiger partial charge is 0.573 e. The molecule has 262 valence electrons. The number of carboxylic acid groups (broad SMARTS) is 1. The SMILES string of the molecule is CCN(CCC(C)(C)CC(=O)O)c1ccc(OC(F)(F)F)cc1CN(Cc1cc(C(F)(F)F)cc(C(F)(F)F)c1)c1noc(C)n1.Cl. The van der Waals surface area contributed by atoms with E-state index >= 15 is 0 Å². The highest BCUT2D eigenvalue weighted by atomic mass is 35.5. The van der Waals surface area contributed by atoms with Gasteiger partial charge in [0.1, 0.15) is 5.75 Å². The molecule has 0 fully saturated rings.